The number of benzene rings is 1. The summed E-state index contributed by atoms with van der Waals surface area (Å²) in [6.07, 6.45) is 4.37. The van der Waals surface area contributed by atoms with E-state index in [1.54, 1.807) is 18.5 Å². The van der Waals surface area contributed by atoms with Crippen LogP contribution in [-0.4, -0.2) is 65.2 Å². The molecule has 4 rings (SSSR count). The predicted molar refractivity (Wildman–Crippen MR) is 113 cm³/mol. The van der Waals surface area contributed by atoms with Gasteiger partial charge in [-0.2, -0.15) is 0 Å². The third kappa shape index (κ3) is 5.31. The monoisotopic (exact) mass is 406 g/mol. The van der Waals surface area contributed by atoms with Gasteiger partial charge in [0.1, 0.15) is 5.69 Å². The summed E-state index contributed by atoms with van der Waals surface area (Å²) in [5.41, 5.74) is 2.62. The second-order valence-electron chi connectivity index (χ2n) is 7.33. The van der Waals surface area contributed by atoms with Crippen LogP contribution in [0, 0.1) is 0 Å². The van der Waals surface area contributed by atoms with E-state index in [0.717, 1.165) is 50.4 Å². The highest BCUT2D eigenvalue weighted by Crippen LogP contribution is 2.20. The van der Waals surface area contributed by atoms with Gasteiger partial charge in [0, 0.05) is 56.7 Å². The van der Waals surface area contributed by atoms with E-state index in [9.17, 15) is 4.79 Å². The average Bonchev–Trinajstić information content (AvgIpc) is 3.30. The smallest absolute Gasteiger partial charge is 0.292 e. The minimum atomic E-state index is -0.150. The first-order chi connectivity index (χ1) is 14.8. The van der Waals surface area contributed by atoms with Gasteiger partial charge in [0.05, 0.1) is 13.2 Å². The van der Waals surface area contributed by atoms with Crippen LogP contribution >= 0.6 is 0 Å². The minimum Gasteiger partial charge on any atom is -0.379 e. The predicted octanol–water partition coefficient (Wildman–Crippen LogP) is 3.10. The lowest BCUT2D eigenvalue weighted by molar-refractivity contribution is 0.0353. The summed E-state index contributed by atoms with van der Waals surface area (Å²) < 4.78 is 10.8. The topological polar surface area (TPSA) is 71.7 Å². The highest BCUT2D eigenvalue weighted by molar-refractivity contribution is 5.92. The fraction of sp³-hybridized carbons (Fsp3) is 0.348. The molecule has 1 amide bonds. The van der Waals surface area contributed by atoms with Crippen molar-refractivity contribution in [2.75, 3.05) is 39.4 Å². The van der Waals surface area contributed by atoms with Crippen LogP contribution in [0.15, 0.2) is 65.4 Å². The number of rotatable bonds is 8. The molecule has 1 aliphatic heterocycles. The first-order valence-electron chi connectivity index (χ1n) is 10.3. The fourth-order valence-corrected chi connectivity index (χ4v) is 3.55. The van der Waals surface area contributed by atoms with E-state index in [1.807, 2.05) is 47.4 Å². The normalized spacial score (nSPS) is 14.5. The number of ether oxygens (including phenoxy) is 1. The average molecular weight is 406 g/mol. The summed E-state index contributed by atoms with van der Waals surface area (Å²) in [4.78, 5) is 21.5. The molecule has 1 aromatic carbocycles. The van der Waals surface area contributed by atoms with Gasteiger partial charge in [0.25, 0.3) is 5.91 Å². The molecule has 0 aliphatic carbocycles. The molecule has 156 valence electrons. The van der Waals surface area contributed by atoms with Crippen LogP contribution in [0.3, 0.4) is 0 Å². The second-order valence-corrected chi connectivity index (χ2v) is 7.33. The Labute approximate surface area is 176 Å². The Bertz CT molecular complexity index is 924. The third-order valence-corrected chi connectivity index (χ3v) is 5.21. The minimum absolute atomic E-state index is 0.150. The van der Waals surface area contributed by atoms with Crippen LogP contribution in [0.25, 0.3) is 11.3 Å². The van der Waals surface area contributed by atoms with Gasteiger partial charge in [-0.25, -0.2) is 0 Å². The van der Waals surface area contributed by atoms with E-state index in [4.69, 9.17) is 9.26 Å². The number of morpholine rings is 1. The lowest BCUT2D eigenvalue weighted by atomic mass is 10.1. The van der Waals surface area contributed by atoms with Gasteiger partial charge >= 0.3 is 0 Å². The van der Waals surface area contributed by atoms with Crippen LogP contribution in [0.4, 0.5) is 0 Å². The number of amides is 1. The maximum atomic E-state index is 13.2. The molecule has 0 N–H and O–H groups in total. The molecule has 1 saturated heterocycles. The molecule has 0 unspecified atom stereocenters. The van der Waals surface area contributed by atoms with Crippen molar-refractivity contribution in [3.8, 4) is 11.3 Å². The molecule has 1 fully saturated rings. The maximum absolute atomic E-state index is 13.2. The molecule has 7 heteroatoms. The van der Waals surface area contributed by atoms with E-state index >= 15 is 0 Å². The summed E-state index contributed by atoms with van der Waals surface area (Å²) in [7, 11) is 0. The Kier molecular flexibility index (Phi) is 6.84. The Balaban J connectivity index is 1.45. The number of carbonyl (C=O) groups is 1. The van der Waals surface area contributed by atoms with Gasteiger partial charge in [0.15, 0.2) is 0 Å². The molecule has 3 aromatic rings. The highest BCUT2D eigenvalue weighted by atomic mass is 16.5. The van der Waals surface area contributed by atoms with Crippen LogP contribution < -0.4 is 0 Å². The van der Waals surface area contributed by atoms with Crippen molar-refractivity contribution in [3.05, 3.63) is 72.2 Å². The standard InChI is InChI=1S/C23H26N4O3/c28-23(22-17-21(25-30-22)20-5-2-1-3-6-20)27(18-19-7-9-24-10-8-19)12-4-11-26-13-15-29-16-14-26/h1-3,5-10,17H,4,11-16,18H2. The Morgan fingerprint density at radius 2 is 1.83 bits per heavy atom. The van der Waals surface area contributed by atoms with Gasteiger partial charge in [-0.05, 0) is 24.1 Å². The van der Waals surface area contributed by atoms with Crippen molar-refractivity contribution >= 4 is 5.91 Å². The molecule has 7 nitrogen and oxygen atoms in total. The fourth-order valence-electron chi connectivity index (χ4n) is 3.55. The lowest BCUT2D eigenvalue weighted by Crippen LogP contribution is -2.39. The van der Waals surface area contributed by atoms with Crippen molar-refractivity contribution in [2.45, 2.75) is 13.0 Å². The van der Waals surface area contributed by atoms with E-state index in [-0.39, 0.29) is 11.7 Å². The van der Waals surface area contributed by atoms with Gasteiger partial charge in [0.2, 0.25) is 5.76 Å². The Hall–Kier alpha value is -3.03. The molecule has 0 saturated carbocycles. The van der Waals surface area contributed by atoms with Crippen LogP contribution in [-0.2, 0) is 11.3 Å². The van der Waals surface area contributed by atoms with Crippen LogP contribution in [0.1, 0.15) is 22.5 Å². The van der Waals surface area contributed by atoms with E-state index in [1.165, 1.54) is 0 Å². The van der Waals surface area contributed by atoms with E-state index < -0.39 is 0 Å². The number of pyridine rings is 1. The molecule has 2 aromatic heterocycles. The SMILES string of the molecule is O=C(c1cc(-c2ccccc2)no1)N(CCCN1CCOCC1)Cc1ccncc1. The zero-order valence-corrected chi connectivity index (χ0v) is 16.9. The first kappa shape index (κ1) is 20.3. The third-order valence-electron chi connectivity index (χ3n) is 5.21. The summed E-state index contributed by atoms with van der Waals surface area (Å²) in [5, 5.41) is 4.10. The Morgan fingerprint density at radius 3 is 2.60 bits per heavy atom. The van der Waals surface area contributed by atoms with Crippen LogP contribution in [0.5, 0.6) is 0 Å². The van der Waals surface area contributed by atoms with E-state index in [2.05, 4.69) is 15.0 Å². The van der Waals surface area contributed by atoms with Crippen molar-refractivity contribution in [1.29, 1.82) is 0 Å². The molecule has 1 aliphatic rings. The van der Waals surface area contributed by atoms with Gasteiger partial charge < -0.3 is 14.2 Å². The quantitative estimate of drug-likeness (QED) is 0.572. The second kappa shape index (κ2) is 10.1. The molecule has 0 atom stereocenters. The molecular weight excluding hydrogens is 380 g/mol. The van der Waals surface area contributed by atoms with E-state index in [0.29, 0.717) is 18.8 Å². The summed E-state index contributed by atoms with van der Waals surface area (Å²) in [5.74, 6) is 0.109. The van der Waals surface area contributed by atoms with Crippen molar-refractivity contribution < 1.29 is 14.1 Å². The number of hydrogen-bond donors (Lipinski definition) is 0. The summed E-state index contributed by atoms with van der Waals surface area (Å²) >= 11 is 0. The molecule has 0 radical (unpaired) electrons. The largest absolute Gasteiger partial charge is 0.379 e. The highest BCUT2D eigenvalue weighted by Gasteiger charge is 2.22. The van der Waals surface area contributed by atoms with Gasteiger partial charge in [-0.1, -0.05) is 35.5 Å². The van der Waals surface area contributed by atoms with Crippen molar-refractivity contribution in [3.63, 3.8) is 0 Å². The number of hydrogen-bond acceptors (Lipinski definition) is 6. The number of carbonyl (C=O) groups excluding carboxylic acids is 1. The zero-order chi connectivity index (χ0) is 20.6. The first-order valence-corrected chi connectivity index (χ1v) is 10.3. The summed E-state index contributed by atoms with van der Waals surface area (Å²) in [6.45, 7) is 5.53. The van der Waals surface area contributed by atoms with Gasteiger partial charge in [-0.3, -0.25) is 14.7 Å². The van der Waals surface area contributed by atoms with Crippen LogP contribution in [0.2, 0.25) is 0 Å². The zero-order valence-electron chi connectivity index (χ0n) is 16.9. The Morgan fingerprint density at radius 1 is 1.07 bits per heavy atom. The van der Waals surface area contributed by atoms with Gasteiger partial charge in [-0.15, -0.1) is 0 Å². The van der Waals surface area contributed by atoms with Crippen molar-refractivity contribution in [1.82, 2.24) is 19.9 Å². The molecule has 30 heavy (non-hydrogen) atoms. The maximum Gasteiger partial charge on any atom is 0.292 e. The molecule has 3 heterocycles. The molecular formula is C23H26N4O3. The molecule has 0 spiro atoms. The lowest BCUT2D eigenvalue weighted by Gasteiger charge is -2.28. The summed E-state index contributed by atoms with van der Waals surface area (Å²) in [6, 6.07) is 15.3. The van der Waals surface area contributed by atoms with Crippen molar-refractivity contribution in [2.24, 2.45) is 0 Å². The molecule has 0 bridgehead atoms. The number of nitrogens with zero attached hydrogens (tertiary/aromatic N) is 4. The number of aromatic nitrogens is 2.